The second-order valence-corrected chi connectivity index (χ2v) is 18.2. The molecule has 0 aromatic heterocycles. The second kappa shape index (κ2) is 8.61. The van der Waals surface area contributed by atoms with Crippen LogP contribution in [0.1, 0.15) is 92.4 Å². The van der Waals surface area contributed by atoms with E-state index < -0.39 is 8.32 Å². The highest BCUT2D eigenvalue weighted by Crippen LogP contribution is 2.67. The van der Waals surface area contributed by atoms with Crippen molar-refractivity contribution in [3.05, 3.63) is 11.6 Å². The summed E-state index contributed by atoms with van der Waals surface area (Å²) in [4.78, 5) is 0. The zero-order chi connectivity index (χ0) is 22.6. The molecule has 8 atom stereocenters. The molecule has 0 spiro atoms. The van der Waals surface area contributed by atoms with E-state index in [9.17, 15) is 0 Å². The van der Waals surface area contributed by atoms with Crippen molar-refractivity contribution < 1.29 is 4.43 Å². The molecule has 0 aliphatic heterocycles. The van der Waals surface area contributed by atoms with Gasteiger partial charge in [-0.25, -0.2) is 0 Å². The van der Waals surface area contributed by atoms with Gasteiger partial charge >= 0.3 is 0 Å². The number of rotatable bonds is 6. The molecular weight excluding hydrogens is 392 g/mol. The predicted octanol–water partition coefficient (Wildman–Crippen LogP) is 8.72. The monoisotopic (exact) mass is 444 g/mol. The van der Waals surface area contributed by atoms with Crippen molar-refractivity contribution in [1.29, 1.82) is 0 Å². The first-order valence-corrected chi connectivity index (χ1v) is 16.9. The quantitative estimate of drug-likeness (QED) is 0.294. The molecule has 3 fully saturated rings. The van der Waals surface area contributed by atoms with E-state index >= 15 is 0 Å². The van der Waals surface area contributed by atoms with E-state index in [1.54, 1.807) is 0 Å². The Morgan fingerprint density at radius 3 is 2.45 bits per heavy atom. The normalized spacial score (nSPS) is 43.8. The third-order valence-corrected chi connectivity index (χ3v) is 13.8. The number of hydrogen-bond acceptors (Lipinski definition) is 1. The fraction of sp³-hybridized carbons (Fsp3) is 0.931. The molecule has 4 aliphatic rings. The number of allylic oxidation sites excluding steroid dienone is 2. The van der Waals surface area contributed by atoms with Gasteiger partial charge in [0.05, 0.1) is 0 Å². The Morgan fingerprint density at radius 1 is 1.03 bits per heavy atom. The first kappa shape index (κ1) is 24.1. The molecule has 0 N–H and O–H groups in total. The lowest BCUT2D eigenvalue weighted by Crippen LogP contribution is -2.50. The van der Waals surface area contributed by atoms with Crippen LogP contribution in [0.3, 0.4) is 0 Å². The van der Waals surface area contributed by atoms with E-state index in [1.165, 1.54) is 63.8 Å². The molecule has 2 heteroatoms. The molecule has 3 saturated carbocycles. The van der Waals surface area contributed by atoms with Crippen LogP contribution in [-0.4, -0.2) is 15.4 Å². The molecule has 0 aromatic rings. The summed E-state index contributed by atoms with van der Waals surface area (Å²) in [5.41, 5.74) is 2.97. The Balaban J connectivity index is 1.51. The van der Waals surface area contributed by atoms with Crippen molar-refractivity contribution >= 4 is 8.32 Å². The molecule has 0 bridgehead atoms. The van der Waals surface area contributed by atoms with E-state index in [2.05, 4.69) is 53.8 Å². The fourth-order valence-electron chi connectivity index (χ4n) is 9.57. The molecule has 0 amide bonds. The number of fused-ring (bicyclic) bond motifs is 5. The van der Waals surface area contributed by atoms with Gasteiger partial charge in [-0.15, -0.1) is 0 Å². The largest absolute Gasteiger partial charge is 0.420 e. The topological polar surface area (TPSA) is 9.23 Å². The van der Waals surface area contributed by atoms with Crippen LogP contribution in [0.2, 0.25) is 19.1 Å². The molecule has 4 aliphatic carbocycles. The van der Waals surface area contributed by atoms with Gasteiger partial charge in [-0.3, -0.25) is 0 Å². The minimum atomic E-state index is -1.47. The molecule has 178 valence electrons. The molecule has 31 heavy (non-hydrogen) atoms. The molecule has 8 unspecified atom stereocenters. The summed E-state index contributed by atoms with van der Waals surface area (Å²) >= 11 is 0. The summed E-state index contributed by atoms with van der Waals surface area (Å²) in [6, 6.07) is 1.35. The second-order valence-electron chi connectivity index (χ2n) is 13.9. The first-order valence-electron chi connectivity index (χ1n) is 13.7. The molecule has 4 rings (SSSR count). The molecule has 1 nitrogen and oxygen atoms in total. The van der Waals surface area contributed by atoms with Gasteiger partial charge in [0.1, 0.15) is 0 Å². The minimum absolute atomic E-state index is 0.501. The first-order chi connectivity index (χ1) is 14.5. The van der Waals surface area contributed by atoms with Crippen LogP contribution in [0.4, 0.5) is 0 Å². The lowest BCUT2D eigenvalue weighted by atomic mass is 9.46. The lowest BCUT2D eigenvalue weighted by Gasteiger charge is -2.59. The van der Waals surface area contributed by atoms with Gasteiger partial charge in [0.2, 0.25) is 0 Å². The third-order valence-electron chi connectivity index (χ3n) is 11.1. The Hall–Kier alpha value is -0.0831. The highest BCUT2D eigenvalue weighted by atomic mass is 28.4. The predicted molar refractivity (Wildman–Crippen MR) is 137 cm³/mol. The Bertz CT molecular complexity index is 680. The Labute approximate surface area is 195 Å². The van der Waals surface area contributed by atoms with Crippen molar-refractivity contribution in [3.63, 3.8) is 0 Å². The van der Waals surface area contributed by atoms with Crippen molar-refractivity contribution in [2.24, 2.45) is 52.3 Å². The van der Waals surface area contributed by atoms with Crippen molar-refractivity contribution in [2.75, 3.05) is 7.11 Å². The van der Waals surface area contributed by atoms with E-state index in [1.807, 2.05) is 12.7 Å². The van der Waals surface area contributed by atoms with Crippen LogP contribution < -0.4 is 0 Å². The van der Waals surface area contributed by atoms with E-state index in [-0.39, 0.29) is 0 Å². The zero-order valence-electron chi connectivity index (χ0n) is 22.1. The van der Waals surface area contributed by atoms with Gasteiger partial charge in [0, 0.05) is 7.11 Å². The molecule has 0 saturated heterocycles. The Kier molecular flexibility index (Phi) is 6.68. The summed E-state index contributed by atoms with van der Waals surface area (Å²) in [5.74, 6) is 6.49. The minimum Gasteiger partial charge on any atom is -0.420 e. The Morgan fingerprint density at radius 2 is 1.77 bits per heavy atom. The van der Waals surface area contributed by atoms with Crippen LogP contribution in [0.15, 0.2) is 11.6 Å². The molecule has 0 heterocycles. The highest BCUT2D eigenvalue weighted by Gasteiger charge is 2.59. The standard InChI is InChI=1S/C29H52OSi/c1-20(2)17-21(3)25-11-12-26-24-10-9-23-18-22(19-31(7,8)30-6)13-15-28(23,4)27(24)14-16-29(25,26)5/h9,20-22,24-27H,10-19H2,1-8H3. The molecular formula is C29H52OSi. The fourth-order valence-corrected chi connectivity index (χ4v) is 11.5. The summed E-state index contributed by atoms with van der Waals surface area (Å²) < 4.78 is 5.92. The summed E-state index contributed by atoms with van der Waals surface area (Å²) in [5, 5.41) is 0. The van der Waals surface area contributed by atoms with Crippen LogP contribution in [0, 0.1) is 52.3 Å². The van der Waals surface area contributed by atoms with E-state index in [4.69, 9.17) is 4.43 Å². The number of hydrogen-bond donors (Lipinski definition) is 0. The van der Waals surface area contributed by atoms with Crippen LogP contribution in [0.25, 0.3) is 0 Å². The lowest BCUT2D eigenvalue weighted by molar-refractivity contribution is -0.0529. The summed E-state index contributed by atoms with van der Waals surface area (Å²) in [6.07, 6.45) is 15.8. The maximum Gasteiger partial charge on any atom is 0.186 e. The average molecular weight is 445 g/mol. The van der Waals surface area contributed by atoms with E-state index in [0.717, 1.165) is 41.4 Å². The SMILES string of the molecule is CO[Si](C)(C)CC1CCC2(C)C(=CCC3C2CCC2(C)C(C(C)CC(C)C)CCC32)C1. The van der Waals surface area contributed by atoms with Crippen LogP contribution in [-0.2, 0) is 4.43 Å². The van der Waals surface area contributed by atoms with Gasteiger partial charge in [-0.1, -0.05) is 46.3 Å². The zero-order valence-corrected chi connectivity index (χ0v) is 23.1. The van der Waals surface area contributed by atoms with Crippen LogP contribution >= 0.6 is 0 Å². The van der Waals surface area contributed by atoms with Gasteiger partial charge in [-0.05, 0) is 129 Å². The van der Waals surface area contributed by atoms with Crippen molar-refractivity contribution in [2.45, 2.75) is 112 Å². The highest BCUT2D eigenvalue weighted by molar-refractivity contribution is 6.71. The van der Waals surface area contributed by atoms with Gasteiger partial charge in [-0.2, -0.15) is 0 Å². The average Bonchev–Trinajstić information content (AvgIpc) is 3.05. The van der Waals surface area contributed by atoms with Gasteiger partial charge in [0.25, 0.3) is 0 Å². The van der Waals surface area contributed by atoms with Gasteiger partial charge in [0.15, 0.2) is 8.32 Å². The molecule has 0 radical (unpaired) electrons. The summed E-state index contributed by atoms with van der Waals surface area (Å²) in [6.45, 7) is 17.6. The van der Waals surface area contributed by atoms with Crippen LogP contribution in [0.5, 0.6) is 0 Å². The summed E-state index contributed by atoms with van der Waals surface area (Å²) in [7, 11) is 0.479. The maximum absolute atomic E-state index is 5.92. The maximum atomic E-state index is 5.92. The van der Waals surface area contributed by atoms with Crippen molar-refractivity contribution in [3.8, 4) is 0 Å². The molecule has 0 aromatic carbocycles. The van der Waals surface area contributed by atoms with E-state index in [0.29, 0.717) is 10.8 Å². The van der Waals surface area contributed by atoms with Gasteiger partial charge < -0.3 is 4.43 Å². The smallest absolute Gasteiger partial charge is 0.186 e. The third kappa shape index (κ3) is 4.27. The van der Waals surface area contributed by atoms with Crippen molar-refractivity contribution in [1.82, 2.24) is 0 Å².